The van der Waals surface area contributed by atoms with E-state index in [1.165, 1.54) is 17.8 Å². The number of nitrogens with two attached hydrogens (primary N) is 2. The van der Waals surface area contributed by atoms with Crippen molar-refractivity contribution in [2.45, 2.75) is 64.9 Å². The second-order valence-electron chi connectivity index (χ2n) is 10.1. The number of nitrogen functional groups attached to an aromatic ring is 2. The summed E-state index contributed by atoms with van der Waals surface area (Å²) in [5.41, 5.74) is 11.9. The van der Waals surface area contributed by atoms with Gasteiger partial charge < -0.3 is 35.7 Å². The van der Waals surface area contributed by atoms with Gasteiger partial charge in [-0.2, -0.15) is 9.97 Å². The third-order valence-electron chi connectivity index (χ3n) is 6.79. The van der Waals surface area contributed by atoms with Gasteiger partial charge in [0.15, 0.2) is 23.4 Å². The highest BCUT2D eigenvalue weighted by atomic mass is 31.2. The zero-order valence-electron chi connectivity index (χ0n) is 22.3. The van der Waals surface area contributed by atoms with Crippen molar-refractivity contribution in [1.29, 1.82) is 0 Å². The van der Waals surface area contributed by atoms with Crippen molar-refractivity contribution in [3.05, 3.63) is 29.3 Å². The third-order valence-corrected chi connectivity index (χ3v) is 8.25. The van der Waals surface area contributed by atoms with Gasteiger partial charge in [-0.05, 0) is 13.8 Å². The Hall–Kier alpha value is -3.40. The van der Waals surface area contributed by atoms with E-state index in [1.807, 2.05) is 0 Å². The highest BCUT2D eigenvalue weighted by molar-refractivity contribution is 7.52. The Labute approximate surface area is 228 Å². The standard InChI is InChI=1S/C23H31N8O8P/c1-10(2)20(33)36-7-12-5-26-11(3)16-13(12)6-28-40(35,39-16)37-8-14-17(32)23(4,34)21(38-14)31-9-27-15-18(24)29-22(25)30-19(15)31/h5,9-10,14,17,21,32,34H,6-8H2,1-4H3,(H,28,35)(H4,24,25,29,30)/t14-,17+,21-,23+,40?/m1/s1. The summed E-state index contributed by atoms with van der Waals surface area (Å²) in [4.78, 5) is 28.3. The molecule has 216 valence electrons. The first kappa shape index (κ1) is 28.1. The summed E-state index contributed by atoms with van der Waals surface area (Å²) in [6.45, 7) is 6.18. The number of aryl methyl sites for hydroxylation is 1. The molecule has 1 fully saturated rings. The Morgan fingerprint density at radius 2 is 2.10 bits per heavy atom. The number of hydrogen-bond acceptors (Lipinski definition) is 14. The lowest BCUT2D eigenvalue weighted by atomic mass is 9.96. The van der Waals surface area contributed by atoms with Crippen LogP contribution in [0.15, 0.2) is 12.5 Å². The lowest BCUT2D eigenvalue weighted by Gasteiger charge is -2.29. The molecule has 1 unspecified atom stereocenters. The molecule has 0 saturated carbocycles. The van der Waals surface area contributed by atoms with Crippen LogP contribution in [0.3, 0.4) is 0 Å². The van der Waals surface area contributed by atoms with Crippen molar-refractivity contribution in [1.82, 2.24) is 29.6 Å². The molecule has 3 aromatic heterocycles. The number of anilines is 2. The Bertz CT molecular complexity index is 1510. The molecule has 0 spiro atoms. The molecule has 1 saturated heterocycles. The van der Waals surface area contributed by atoms with E-state index in [2.05, 4.69) is 25.0 Å². The van der Waals surface area contributed by atoms with Crippen LogP contribution in [0.25, 0.3) is 11.2 Å². The maximum atomic E-state index is 13.5. The summed E-state index contributed by atoms with van der Waals surface area (Å²) in [6.07, 6.45) is -0.838. The van der Waals surface area contributed by atoms with Crippen LogP contribution in [0.1, 0.15) is 43.8 Å². The highest BCUT2D eigenvalue weighted by Gasteiger charge is 2.54. The number of ether oxygens (including phenoxy) is 2. The summed E-state index contributed by atoms with van der Waals surface area (Å²) >= 11 is 0. The van der Waals surface area contributed by atoms with Crippen LogP contribution < -0.4 is 21.1 Å². The zero-order chi connectivity index (χ0) is 29.0. The molecule has 0 bridgehead atoms. The number of nitrogens with zero attached hydrogens (tertiary/aromatic N) is 5. The smallest absolute Gasteiger partial charge is 0.459 e. The molecular formula is C23H31N8O8P. The molecule has 0 radical (unpaired) electrons. The van der Waals surface area contributed by atoms with E-state index in [9.17, 15) is 19.6 Å². The van der Waals surface area contributed by atoms with Crippen LogP contribution in [0.2, 0.25) is 0 Å². The minimum atomic E-state index is -3.94. The van der Waals surface area contributed by atoms with Crippen molar-refractivity contribution in [3.8, 4) is 5.75 Å². The third kappa shape index (κ3) is 4.98. The number of carbonyl (C=O) groups excluding carboxylic acids is 1. The number of hydrogen-bond donors (Lipinski definition) is 5. The Morgan fingerprint density at radius 3 is 2.83 bits per heavy atom. The van der Waals surface area contributed by atoms with Gasteiger partial charge in [-0.15, -0.1) is 0 Å². The number of pyridine rings is 1. The number of nitrogens with one attached hydrogen (secondary N) is 1. The molecule has 2 aliphatic heterocycles. The topological polar surface area (TPSA) is 232 Å². The van der Waals surface area contributed by atoms with E-state index in [1.54, 1.807) is 27.0 Å². The molecule has 2 aliphatic rings. The molecule has 40 heavy (non-hydrogen) atoms. The minimum absolute atomic E-state index is 0.0213. The number of imidazole rings is 1. The maximum absolute atomic E-state index is 13.5. The van der Waals surface area contributed by atoms with E-state index in [0.717, 1.165) is 0 Å². The van der Waals surface area contributed by atoms with E-state index in [0.29, 0.717) is 16.8 Å². The van der Waals surface area contributed by atoms with Crippen molar-refractivity contribution in [3.63, 3.8) is 0 Å². The van der Waals surface area contributed by atoms with Gasteiger partial charge in [-0.3, -0.25) is 18.9 Å². The van der Waals surface area contributed by atoms with Gasteiger partial charge in [-0.1, -0.05) is 13.8 Å². The van der Waals surface area contributed by atoms with Crippen LogP contribution in [-0.4, -0.2) is 65.1 Å². The van der Waals surface area contributed by atoms with Crippen LogP contribution >= 0.6 is 7.75 Å². The van der Waals surface area contributed by atoms with Crippen molar-refractivity contribution < 1.29 is 38.1 Å². The van der Waals surface area contributed by atoms with E-state index >= 15 is 0 Å². The summed E-state index contributed by atoms with van der Waals surface area (Å²) < 4.78 is 37.4. The second kappa shape index (κ2) is 10.2. The molecule has 0 aliphatic carbocycles. The minimum Gasteiger partial charge on any atom is -0.461 e. The molecule has 5 atom stereocenters. The number of esters is 1. The first-order valence-electron chi connectivity index (χ1n) is 12.5. The van der Waals surface area contributed by atoms with Crippen LogP contribution in [0, 0.1) is 12.8 Å². The van der Waals surface area contributed by atoms with Gasteiger partial charge in [0, 0.05) is 23.9 Å². The number of rotatable bonds is 7. The normalized spacial score (nSPS) is 28.0. The van der Waals surface area contributed by atoms with E-state index in [4.69, 9.17) is 30.0 Å². The van der Waals surface area contributed by atoms with Gasteiger partial charge in [0.25, 0.3) is 0 Å². The molecule has 0 aromatic carbocycles. The van der Waals surface area contributed by atoms with Crippen LogP contribution in [0.4, 0.5) is 11.8 Å². The fraction of sp³-hybridized carbons (Fsp3) is 0.522. The SMILES string of the molecule is Cc1ncc(COC(=O)C(C)C)c2c1OP(=O)(OC[C@H]1O[C@@H](n3cnc4c(N)nc(N)nc43)[C@@](C)(O)[C@H]1O)NC2. The van der Waals surface area contributed by atoms with E-state index in [-0.39, 0.29) is 53.7 Å². The fourth-order valence-electron chi connectivity index (χ4n) is 4.51. The predicted molar refractivity (Wildman–Crippen MR) is 139 cm³/mol. The largest absolute Gasteiger partial charge is 0.461 e. The molecular weight excluding hydrogens is 547 g/mol. The summed E-state index contributed by atoms with van der Waals surface area (Å²) in [6, 6.07) is 0. The van der Waals surface area contributed by atoms with Gasteiger partial charge >= 0.3 is 13.7 Å². The Morgan fingerprint density at radius 1 is 1.35 bits per heavy atom. The van der Waals surface area contributed by atoms with Crippen molar-refractivity contribution in [2.75, 3.05) is 18.1 Å². The van der Waals surface area contributed by atoms with Gasteiger partial charge in [0.2, 0.25) is 5.95 Å². The average molecular weight is 579 g/mol. The number of aliphatic hydroxyl groups excluding tert-OH is 1. The number of aromatic nitrogens is 5. The number of aliphatic hydroxyl groups is 2. The van der Waals surface area contributed by atoms with Gasteiger partial charge in [0.05, 0.1) is 24.5 Å². The quantitative estimate of drug-likeness (QED) is 0.192. The fourth-order valence-corrected chi connectivity index (χ4v) is 5.89. The average Bonchev–Trinajstić information content (AvgIpc) is 3.40. The summed E-state index contributed by atoms with van der Waals surface area (Å²) in [5, 5.41) is 24.8. The summed E-state index contributed by atoms with van der Waals surface area (Å²) in [7, 11) is -3.94. The van der Waals surface area contributed by atoms with Gasteiger partial charge in [0.1, 0.15) is 29.9 Å². The van der Waals surface area contributed by atoms with Crippen molar-refractivity contribution >= 4 is 36.6 Å². The highest BCUT2D eigenvalue weighted by Crippen LogP contribution is 2.51. The molecule has 17 heteroatoms. The predicted octanol–water partition coefficient (Wildman–Crippen LogP) is 0.710. The lowest BCUT2D eigenvalue weighted by Crippen LogP contribution is -2.44. The maximum Gasteiger partial charge on any atom is 0.459 e. The molecule has 0 amide bonds. The number of carbonyl (C=O) groups is 1. The molecule has 16 nitrogen and oxygen atoms in total. The molecule has 7 N–H and O–H groups in total. The van der Waals surface area contributed by atoms with Gasteiger partial charge in [-0.25, -0.2) is 14.6 Å². The van der Waals surface area contributed by atoms with Crippen LogP contribution in [0.5, 0.6) is 5.75 Å². The Kier molecular flexibility index (Phi) is 7.18. The number of fused-ring (bicyclic) bond motifs is 2. The molecule has 5 rings (SSSR count). The monoisotopic (exact) mass is 578 g/mol. The lowest BCUT2D eigenvalue weighted by molar-refractivity contribution is -0.148. The van der Waals surface area contributed by atoms with Crippen LogP contribution in [-0.2, 0) is 36.5 Å². The molecule has 5 heterocycles. The summed E-state index contributed by atoms with van der Waals surface area (Å²) in [5.74, 6) is -0.458. The van der Waals surface area contributed by atoms with E-state index < -0.39 is 38.4 Å². The molecule has 3 aromatic rings. The zero-order valence-corrected chi connectivity index (χ0v) is 23.2. The first-order chi connectivity index (χ1) is 18.8. The van der Waals surface area contributed by atoms with Crippen molar-refractivity contribution in [2.24, 2.45) is 5.92 Å². The second-order valence-corrected chi connectivity index (χ2v) is 11.9. The first-order valence-corrected chi connectivity index (χ1v) is 14.0. The Balaban J connectivity index is 1.31.